The van der Waals surface area contributed by atoms with Gasteiger partial charge in [-0.3, -0.25) is 0 Å². The van der Waals surface area contributed by atoms with Crippen LogP contribution in [0.1, 0.15) is 33.6 Å². The number of hydrogen-bond donors (Lipinski definition) is 0. The summed E-state index contributed by atoms with van der Waals surface area (Å²) in [5.74, 6) is 0. The standard InChI is InChI=1S/C10H16BF3NO2.K/c1-10(2,3)17-9(16)15-7-5-4-6-8(15)11(12,13)14;/h6H,4-5,7H2,1-3H3;/q-1;+1. The molecule has 0 unspecified atom stereocenters. The predicted octanol–water partition coefficient (Wildman–Crippen LogP) is 0.292. The fraction of sp³-hybridized carbons (Fsp3) is 0.700. The van der Waals surface area contributed by atoms with Crippen LogP contribution in [0.2, 0.25) is 0 Å². The first-order chi connectivity index (χ1) is 7.61. The molecule has 1 rings (SSSR count). The van der Waals surface area contributed by atoms with Gasteiger partial charge in [-0.05, 0) is 39.2 Å². The summed E-state index contributed by atoms with van der Waals surface area (Å²) in [5, 5.41) is 0. The maximum absolute atomic E-state index is 12.7. The van der Waals surface area contributed by atoms with Gasteiger partial charge >= 0.3 is 64.5 Å². The molecule has 1 amide bonds. The van der Waals surface area contributed by atoms with Crippen LogP contribution in [-0.2, 0) is 4.74 Å². The van der Waals surface area contributed by atoms with Gasteiger partial charge in [-0.2, -0.15) is 0 Å². The second-order valence-corrected chi connectivity index (χ2v) is 4.98. The average Bonchev–Trinajstić information content (AvgIpc) is 2.13. The van der Waals surface area contributed by atoms with E-state index in [1.165, 1.54) is 0 Å². The SMILES string of the molecule is CC(C)(C)OC(=O)N1CCCC=C1[B-](F)(F)F.[K+]. The molecular formula is C10H16BF3KNO2. The monoisotopic (exact) mass is 289 g/mol. The number of nitrogens with zero attached hydrogens (tertiary/aromatic N) is 1. The number of ether oxygens (including phenoxy) is 1. The molecule has 0 bridgehead atoms. The zero-order chi connectivity index (χ0) is 13.3. The average molecular weight is 289 g/mol. The van der Waals surface area contributed by atoms with E-state index in [0.717, 1.165) is 6.08 Å². The zero-order valence-electron chi connectivity index (χ0n) is 11.2. The minimum atomic E-state index is -5.17. The smallest absolute Gasteiger partial charge is 0.444 e. The molecule has 0 radical (unpaired) electrons. The molecule has 0 aromatic carbocycles. The summed E-state index contributed by atoms with van der Waals surface area (Å²) in [6.45, 7) is -0.248. The quantitative estimate of drug-likeness (QED) is 0.650. The summed E-state index contributed by atoms with van der Waals surface area (Å²) in [6.07, 6.45) is 1.00. The van der Waals surface area contributed by atoms with Crippen LogP contribution in [0.4, 0.5) is 17.7 Å². The van der Waals surface area contributed by atoms with Crippen molar-refractivity contribution in [3.05, 3.63) is 11.7 Å². The third kappa shape index (κ3) is 5.65. The molecule has 0 spiro atoms. The first-order valence-corrected chi connectivity index (χ1v) is 5.52. The van der Waals surface area contributed by atoms with E-state index in [4.69, 9.17) is 4.74 Å². The van der Waals surface area contributed by atoms with Crippen LogP contribution in [0.25, 0.3) is 0 Å². The molecule has 18 heavy (non-hydrogen) atoms. The maximum Gasteiger partial charge on any atom is 1.00 e. The molecule has 0 saturated heterocycles. The van der Waals surface area contributed by atoms with E-state index < -0.39 is 24.3 Å². The van der Waals surface area contributed by atoms with Crippen LogP contribution >= 0.6 is 0 Å². The summed E-state index contributed by atoms with van der Waals surface area (Å²) in [7, 11) is 0. The largest absolute Gasteiger partial charge is 1.00 e. The second kappa shape index (κ2) is 6.79. The maximum atomic E-state index is 12.7. The number of halogens is 3. The first-order valence-electron chi connectivity index (χ1n) is 5.52. The van der Waals surface area contributed by atoms with Crippen molar-refractivity contribution in [3.63, 3.8) is 0 Å². The minimum absolute atomic E-state index is 0. The zero-order valence-corrected chi connectivity index (χ0v) is 14.3. The molecule has 0 aromatic heterocycles. The number of rotatable bonds is 1. The van der Waals surface area contributed by atoms with Crippen molar-refractivity contribution in [1.29, 1.82) is 0 Å². The molecule has 1 aliphatic rings. The Morgan fingerprint density at radius 3 is 2.39 bits per heavy atom. The van der Waals surface area contributed by atoms with Gasteiger partial charge in [0.2, 0.25) is 0 Å². The Bertz CT molecular complexity index is 339. The van der Waals surface area contributed by atoms with Gasteiger partial charge in [-0.1, -0.05) is 6.08 Å². The van der Waals surface area contributed by atoms with Gasteiger partial charge in [0.05, 0.1) is 0 Å². The number of amides is 1. The van der Waals surface area contributed by atoms with Crippen LogP contribution in [-0.4, -0.2) is 30.1 Å². The van der Waals surface area contributed by atoms with Crippen LogP contribution in [0.3, 0.4) is 0 Å². The Morgan fingerprint density at radius 2 is 1.94 bits per heavy atom. The second-order valence-electron chi connectivity index (χ2n) is 4.98. The molecule has 3 nitrogen and oxygen atoms in total. The summed E-state index contributed by atoms with van der Waals surface area (Å²) >= 11 is 0. The Labute approximate surface area is 148 Å². The summed E-state index contributed by atoms with van der Waals surface area (Å²) in [4.78, 5) is 12.3. The van der Waals surface area contributed by atoms with Crippen molar-refractivity contribution in [2.75, 3.05) is 6.54 Å². The number of allylic oxidation sites excluding steroid dienone is 1. The van der Waals surface area contributed by atoms with E-state index in [0.29, 0.717) is 17.7 Å². The third-order valence-corrected chi connectivity index (χ3v) is 2.20. The van der Waals surface area contributed by atoms with Crippen molar-refractivity contribution >= 4 is 13.1 Å². The molecule has 0 N–H and O–H groups in total. The molecule has 0 aliphatic carbocycles. The van der Waals surface area contributed by atoms with Crippen molar-refractivity contribution in [1.82, 2.24) is 4.90 Å². The minimum Gasteiger partial charge on any atom is -0.444 e. The molecule has 1 aliphatic heterocycles. The normalized spacial score (nSPS) is 16.8. The van der Waals surface area contributed by atoms with Gasteiger partial charge in [0.25, 0.3) is 0 Å². The third-order valence-electron chi connectivity index (χ3n) is 2.20. The molecule has 1 heterocycles. The van der Waals surface area contributed by atoms with E-state index >= 15 is 0 Å². The van der Waals surface area contributed by atoms with Gasteiger partial charge in [0.15, 0.2) is 0 Å². The topological polar surface area (TPSA) is 29.5 Å². The fourth-order valence-corrected chi connectivity index (χ4v) is 1.56. The van der Waals surface area contributed by atoms with Crippen LogP contribution < -0.4 is 51.4 Å². The van der Waals surface area contributed by atoms with Crippen molar-refractivity contribution in [2.24, 2.45) is 0 Å². The van der Waals surface area contributed by atoms with E-state index in [1.807, 2.05) is 0 Å². The molecule has 0 saturated carbocycles. The number of carbonyl (C=O) groups is 1. The van der Waals surface area contributed by atoms with Gasteiger partial charge in [0.1, 0.15) is 5.60 Å². The van der Waals surface area contributed by atoms with Crippen LogP contribution in [0.5, 0.6) is 0 Å². The molecule has 8 heteroatoms. The summed E-state index contributed by atoms with van der Waals surface area (Å²) in [5.41, 5.74) is -1.65. The summed E-state index contributed by atoms with van der Waals surface area (Å²) < 4.78 is 43.1. The predicted molar refractivity (Wildman–Crippen MR) is 59.3 cm³/mol. The van der Waals surface area contributed by atoms with Crippen molar-refractivity contribution in [3.8, 4) is 0 Å². The van der Waals surface area contributed by atoms with Crippen LogP contribution in [0, 0.1) is 0 Å². The number of carbonyl (C=O) groups excluding carboxylic acids is 1. The molecule has 0 atom stereocenters. The Hall–Kier alpha value is 0.501. The van der Waals surface area contributed by atoms with Crippen LogP contribution in [0.15, 0.2) is 11.7 Å². The van der Waals surface area contributed by atoms with E-state index in [9.17, 15) is 17.7 Å². The van der Waals surface area contributed by atoms with Gasteiger partial charge in [-0.25, -0.2) is 4.79 Å². The Balaban J connectivity index is 0.00000289. The molecule has 0 aromatic rings. The van der Waals surface area contributed by atoms with E-state index in [1.54, 1.807) is 20.8 Å². The van der Waals surface area contributed by atoms with Crippen molar-refractivity contribution < 1.29 is 73.9 Å². The Kier molecular flexibility index (Phi) is 6.97. The first kappa shape index (κ1) is 18.5. The van der Waals surface area contributed by atoms with Crippen molar-refractivity contribution in [2.45, 2.75) is 39.2 Å². The number of hydrogen-bond acceptors (Lipinski definition) is 2. The van der Waals surface area contributed by atoms with Gasteiger partial charge < -0.3 is 22.6 Å². The van der Waals surface area contributed by atoms with Gasteiger partial charge in [-0.15, -0.1) is 0 Å². The fourth-order valence-electron chi connectivity index (χ4n) is 1.56. The van der Waals surface area contributed by atoms with E-state index in [-0.39, 0.29) is 57.9 Å². The summed E-state index contributed by atoms with van der Waals surface area (Å²) in [6, 6.07) is 0. The van der Waals surface area contributed by atoms with Gasteiger partial charge in [0, 0.05) is 6.54 Å². The Morgan fingerprint density at radius 1 is 1.39 bits per heavy atom. The molecular weight excluding hydrogens is 273 g/mol. The molecule has 0 fully saturated rings. The molecule has 98 valence electrons. The van der Waals surface area contributed by atoms with E-state index in [2.05, 4.69) is 0 Å².